The van der Waals surface area contributed by atoms with Gasteiger partial charge in [0.1, 0.15) is 0 Å². The van der Waals surface area contributed by atoms with E-state index in [2.05, 4.69) is 35.2 Å². The Morgan fingerprint density at radius 1 is 1.25 bits per heavy atom. The molecule has 0 aliphatic heterocycles. The molecule has 0 aliphatic rings. The van der Waals surface area contributed by atoms with Crippen LogP contribution >= 0.6 is 0 Å². The van der Waals surface area contributed by atoms with Gasteiger partial charge in [-0.2, -0.15) is 0 Å². The molecule has 0 fully saturated rings. The van der Waals surface area contributed by atoms with Crippen LogP contribution in [0, 0.1) is 13.8 Å². The first kappa shape index (κ1) is 14.3. The van der Waals surface area contributed by atoms with Crippen molar-refractivity contribution in [2.45, 2.75) is 40.0 Å². The van der Waals surface area contributed by atoms with Gasteiger partial charge in [0.2, 0.25) is 5.95 Å². The summed E-state index contributed by atoms with van der Waals surface area (Å²) in [6.07, 6.45) is 2.97. The molecular formula is C16H21N3O. The van der Waals surface area contributed by atoms with E-state index in [1.165, 1.54) is 5.56 Å². The van der Waals surface area contributed by atoms with E-state index < -0.39 is 0 Å². The molecule has 0 spiro atoms. The summed E-state index contributed by atoms with van der Waals surface area (Å²) in [5, 5.41) is 3.19. The third kappa shape index (κ3) is 3.70. The smallest absolute Gasteiger partial charge is 0.252 e. The lowest BCUT2D eigenvalue weighted by atomic mass is 10.1. The Hall–Kier alpha value is -2.10. The molecule has 4 heteroatoms. The van der Waals surface area contributed by atoms with Gasteiger partial charge in [-0.05, 0) is 38.3 Å². The van der Waals surface area contributed by atoms with Crippen molar-refractivity contribution in [1.82, 2.24) is 9.97 Å². The molecule has 1 aromatic carbocycles. The van der Waals surface area contributed by atoms with Crippen LogP contribution in [-0.4, -0.2) is 9.97 Å². The number of rotatable bonds is 5. The van der Waals surface area contributed by atoms with Gasteiger partial charge in [0.15, 0.2) is 0 Å². The standard InChI is InChI=1S/C16H21N3O/c1-4-5-6-13-10-15(20)19-16(17-13)18-14-8-7-11(2)9-12(14)3/h7-10H,4-6H2,1-3H3,(H2,17,18,19,20). The molecule has 0 unspecified atom stereocenters. The van der Waals surface area contributed by atoms with Crippen LogP contribution in [0.4, 0.5) is 11.6 Å². The number of aryl methyl sites for hydroxylation is 3. The summed E-state index contributed by atoms with van der Waals surface area (Å²) in [5.41, 5.74) is 4.03. The molecule has 2 rings (SSSR count). The minimum Gasteiger partial charge on any atom is -0.325 e. The summed E-state index contributed by atoms with van der Waals surface area (Å²) in [4.78, 5) is 18.9. The minimum absolute atomic E-state index is 0.113. The zero-order valence-electron chi connectivity index (χ0n) is 12.3. The maximum absolute atomic E-state index is 11.7. The van der Waals surface area contributed by atoms with Gasteiger partial charge < -0.3 is 5.32 Å². The fourth-order valence-corrected chi connectivity index (χ4v) is 2.13. The van der Waals surface area contributed by atoms with E-state index in [1.54, 1.807) is 6.07 Å². The maximum Gasteiger partial charge on any atom is 0.252 e. The molecule has 0 saturated carbocycles. The first-order valence-electron chi connectivity index (χ1n) is 7.03. The fraction of sp³-hybridized carbons (Fsp3) is 0.375. The molecule has 1 heterocycles. The van der Waals surface area contributed by atoms with Crippen LogP contribution in [0.2, 0.25) is 0 Å². The molecule has 4 nitrogen and oxygen atoms in total. The second-order valence-electron chi connectivity index (χ2n) is 5.13. The average molecular weight is 271 g/mol. The quantitative estimate of drug-likeness (QED) is 0.875. The summed E-state index contributed by atoms with van der Waals surface area (Å²) >= 11 is 0. The van der Waals surface area contributed by atoms with E-state index in [9.17, 15) is 4.79 Å². The van der Waals surface area contributed by atoms with Crippen molar-refractivity contribution in [3.63, 3.8) is 0 Å². The Labute approximate surface area is 119 Å². The van der Waals surface area contributed by atoms with E-state index >= 15 is 0 Å². The molecule has 2 N–H and O–H groups in total. The van der Waals surface area contributed by atoms with Crippen molar-refractivity contribution in [2.24, 2.45) is 0 Å². The van der Waals surface area contributed by atoms with Crippen molar-refractivity contribution < 1.29 is 0 Å². The first-order valence-corrected chi connectivity index (χ1v) is 7.03. The second-order valence-corrected chi connectivity index (χ2v) is 5.13. The lowest BCUT2D eigenvalue weighted by Gasteiger charge is -2.10. The number of unbranched alkanes of at least 4 members (excludes halogenated alkanes) is 1. The van der Waals surface area contributed by atoms with Crippen molar-refractivity contribution in [3.8, 4) is 0 Å². The Morgan fingerprint density at radius 2 is 2.05 bits per heavy atom. The van der Waals surface area contributed by atoms with Crippen LogP contribution in [0.5, 0.6) is 0 Å². The Bertz CT molecular complexity index is 646. The maximum atomic E-state index is 11.7. The number of H-pyrrole nitrogens is 1. The van der Waals surface area contributed by atoms with Crippen LogP contribution in [0.1, 0.15) is 36.6 Å². The minimum atomic E-state index is -0.113. The Balaban J connectivity index is 2.24. The van der Waals surface area contributed by atoms with E-state index in [4.69, 9.17) is 0 Å². The van der Waals surface area contributed by atoms with Gasteiger partial charge in [0.25, 0.3) is 5.56 Å². The summed E-state index contributed by atoms with van der Waals surface area (Å²) < 4.78 is 0. The van der Waals surface area contributed by atoms with Crippen LogP contribution in [-0.2, 0) is 6.42 Å². The topological polar surface area (TPSA) is 57.8 Å². The third-order valence-electron chi connectivity index (χ3n) is 3.22. The average Bonchev–Trinajstić information content (AvgIpc) is 2.39. The van der Waals surface area contributed by atoms with Crippen molar-refractivity contribution in [1.29, 1.82) is 0 Å². The molecule has 0 amide bonds. The highest BCUT2D eigenvalue weighted by Gasteiger charge is 2.04. The zero-order valence-corrected chi connectivity index (χ0v) is 12.3. The molecule has 0 aliphatic carbocycles. The summed E-state index contributed by atoms with van der Waals surface area (Å²) in [5.74, 6) is 0.510. The second kappa shape index (κ2) is 6.37. The molecule has 0 saturated heterocycles. The summed E-state index contributed by atoms with van der Waals surface area (Å²) in [6.45, 7) is 6.22. The predicted molar refractivity (Wildman–Crippen MR) is 82.7 cm³/mol. The number of anilines is 2. The molecule has 2 aromatic rings. The molecule has 106 valence electrons. The van der Waals surface area contributed by atoms with Crippen molar-refractivity contribution in [3.05, 3.63) is 51.4 Å². The third-order valence-corrected chi connectivity index (χ3v) is 3.22. The molecule has 0 radical (unpaired) electrons. The normalized spacial score (nSPS) is 10.6. The SMILES string of the molecule is CCCCc1cc(=O)[nH]c(Nc2ccc(C)cc2C)n1. The highest BCUT2D eigenvalue weighted by molar-refractivity contribution is 5.58. The Kier molecular flexibility index (Phi) is 4.56. The molecule has 0 bridgehead atoms. The van der Waals surface area contributed by atoms with Crippen LogP contribution in [0.25, 0.3) is 0 Å². The number of hydrogen-bond acceptors (Lipinski definition) is 3. The van der Waals surface area contributed by atoms with Crippen LogP contribution < -0.4 is 10.9 Å². The number of aromatic amines is 1. The van der Waals surface area contributed by atoms with Gasteiger partial charge in [-0.3, -0.25) is 9.78 Å². The lowest BCUT2D eigenvalue weighted by Crippen LogP contribution is -2.12. The number of hydrogen-bond donors (Lipinski definition) is 2. The van der Waals surface area contributed by atoms with Crippen molar-refractivity contribution in [2.75, 3.05) is 5.32 Å². The number of aromatic nitrogens is 2. The highest BCUT2D eigenvalue weighted by atomic mass is 16.1. The lowest BCUT2D eigenvalue weighted by molar-refractivity contribution is 0.772. The van der Waals surface area contributed by atoms with E-state index in [0.29, 0.717) is 5.95 Å². The molecule has 20 heavy (non-hydrogen) atoms. The summed E-state index contributed by atoms with van der Waals surface area (Å²) in [6, 6.07) is 7.71. The van der Waals surface area contributed by atoms with Gasteiger partial charge >= 0.3 is 0 Å². The predicted octanol–water partition coefficient (Wildman–Crippen LogP) is 3.47. The first-order chi connectivity index (χ1) is 9.58. The van der Waals surface area contributed by atoms with E-state index in [1.807, 2.05) is 19.1 Å². The molecule has 1 aromatic heterocycles. The van der Waals surface area contributed by atoms with E-state index in [0.717, 1.165) is 36.2 Å². The van der Waals surface area contributed by atoms with Gasteiger partial charge in [-0.15, -0.1) is 0 Å². The largest absolute Gasteiger partial charge is 0.325 e. The highest BCUT2D eigenvalue weighted by Crippen LogP contribution is 2.19. The van der Waals surface area contributed by atoms with Crippen LogP contribution in [0.3, 0.4) is 0 Å². The fourth-order valence-electron chi connectivity index (χ4n) is 2.13. The molecule has 0 atom stereocenters. The monoisotopic (exact) mass is 271 g/mol. The Morgan fingerprint density at radius 3 is 2.75 bits per heavy atom. The van der Waals surface area contributed by atoms with Gasteiger partial charge in [0, 0.05) is 17.4 Å². The van der Waals surface area contributed by atoms with Gasteiger partial charge in [-0.1, -0.05) is 31.0 Å². The summed E-state index contributed by atoms with van der Waals surface area (Å²) in [7, 11) is 0. The van der Waals surface area contributed by atoms with Gasteiger partial charge in [-0.25, -0.2) is 4.98 Å². The van der Waals surface area contributed by atoms with Crippen molar-refractivity contribution >= 4 is 11.6 Å². The zero-order chi connectivity index (χ0) is 14.5. The van der Waals surface area contributed by atoms with Crippen LogP contribution in [0.15, 0.2) is 29.1 Å². The van der Waals surface area contributed by atoms with E-state index in [-0.39, 0.29) is 5.56 Å². The number of nitrogens with one attached hydrogen (secondary N) is 2. The number of nitrogens with zero attached hydrogens (tertiary/aromatic N) is 1. The number of benzene rings is 1. The van der Waals surface area contributed by atoms with Gasteiger partial charge in [0.05, 0.1) is 0 Å². The molecular weight excluding hydrogens is 250 g/mol.